The van der Waals surface area contributed by atoms with Crippen molar-refractivity contribution in [3.8, 4) is 0 Å². The van der Waals surface area contributed by atoms with Crippen molar-refractivity contribution in [1.29, 1.82) is 0 Å². The summed E-state index contributed by atoms with van der Waals surface area (Å²) in [4.78, 5) is 31.5. The fourth-order valence-electron chi connectivity index (χ4n) is 5.25. The summed E-state index contributed by atoms with van der Waals surface area (Å²) in [6.45, 7) is 2.25. The molecule has 172 valence electrons. The van der Waals surface area contributed by atoms with Gasteiger partial charge in [0.15, 0.2) is 5.43 Å². The number of fused-ring (bicyclic) bond motifs is 2. The Bertz CT molecular complexity index is 1410. The fraction of sp³-hybridized carbons (Fsp3) is 0.259. The van der Waals surface area contributed by atoms with E-state index >= 15 is 0 Å². The molecular formula is C27H23ClN2O4. The van der Waals surface area contributed by atoms with Crippen LogP contribution in [0, 0.1) is 0 Å². The molecule has 0 radical (unpaired) electrons. The van der Waals surface area contributed by atoms with Crippen molar-refractivity contribution in [2.45, 2.75) is 24.9 Å². The number of hydrogen-bond donors (Lipinski definition) is 0. The van der Waals surface area contributed by atoms with E-state index in [1.807, 2.05) is 24.3 Å². The Balaban J connectivity index is 1.50. The molecule has 7 heteroatoms. The van der Waals surface area contributed by atoms with Gasteiger partial charge in [0, 0.05) is 11.6 Å². The number of rotatable bonds is 5. The first kappa shape index (κ1) is 21.2. The van der Waals surface area contributed by atoms with E-state index in [1.165, 1.54) is 0 Å². The minimum atomic E-state index is -0.569. The molecule has 2 atom stereocenters. The normalized spacial score (nSPS) is 19.1. The number of nitrogens with zero attached hydrogens (tertiary/aromatic N) is 2. The zero-order valence-electron chi connectivity index (χ0n) is 18.4. The summed E-state index contributed by atoms with van der Waals surface area (Å²) in [6.07, 6.45) is 3.88. The fourth-order valence-corrected chi connectivity index (χ4v) is 5.38. The van der Waals surface area contributed by atoms with Crippen LogP contribution in [0.2, 0.25) is 5.02 Å². The highest BCUT2D eigenvalue weighted by atomic mass is 35.5. The lowest BCUT2D eigenvalue weighted by molar-refractivity contribution is 0.0644. The largest absolute Gasteiger partial charge is 0.468 e. The highest BCUT2D eigenvalue weighted by Gasteiger charge is 2.44. The lowest BCUT2D eigenvalue weighted by Gasteiger charge is -2.33. The summed E-state index contributed by atoms with van der Waals surface area (Å²) >= 11 is 6.15. The molecule has 6 nitrogen and oxygen atoms in total. The molecule has 4 aromatic rings. The Morgan fingerprint density at radius 1 is 0.971 bits per heavy atom. The van der Waals surface area contributed by atoms with E-state index in [4.69, 9.17) is 20.4 Å². The van der Waals surface area contributed by atoms with Gasteiger partial charge in [0.2, 0.25) is 5.76 Å². The van der Waals surface area contributed by atoms with Crippen LogP contribution in [0.25, 0.3) is 11.0 Å². The van der Waals surface area contributed by atoms with E-state index in [0.717, 1.165) is 37.3 Å². The van der Waals surface area contributed by atoms with Crippen molar-refractivity contribution in [3.05, 3.63) is 105 Å². The Labute approximate surface area is 201 Å². The van der Waals surface area contributed by atoms with E-state index < -0.39 is 6.04 Å². The highest BCUT2D eigenvalue weighted by Crippen LogP contribution is 2.40. The van der Waals surface area contributed by atoms with Gasteiger partial charge in [-0.25, -0.2) is 0 Å². The van der Waals surface area contributed by atoms with Gasteiger partial charge in [0.1, 0.15) is 11.3 Å². The summed E-state index contributed by atoms with van der Waals surface area (Å²) in [5.74, 6) is 0.641. The molecule has 0 aliphatic carbocycles. The van der Waals surface area contributed by atoms with Gasteiger partial charge in [0.25, 0.3) is 5.91 Å². The molecule has 0 saturated carbocycles. The molecule has 2 unspecified atom stereocenters. The Morgan fingerprint density at radius 3 is 2.47 bits per heavy atom. The maximum absolute atomic E-state index is 13.8. The Morgan fingerprint density at radius 2 is 1.74 bits per heavy atom. The number of para-hydroxylation sites is 1. The van der Waals surface area contributed by atoms with Crippen LogP contribution in [0.5, 0.6) is 0 Å². The first-order valence-corrected chi connectivity index (χ1v) is 11.9. The summed E-state index contributed by atoms with van der Waals surface area (Å²) in [7, 11) is 0. The predicted octanol–water partition coefficient (Wildman–Crippen LogP) is 5.42. The van der Waals surface area contributed by atoms with Gasteiger partial charge in [-0.15, -0.1) is 0 Å². The third-order valence-corrected chi connectivity index (χ3v) is 7.13. The van der Waals surface area contributed by atoms with Crippen LogP contribution in [-0.2, 0) is 0 Å². The molecule has 2 aromatic heterocycles. The average molecular weight is 475 g/mol. The summed E-state index contributed by atoms with van der Waals surface area (Å²) < 4.78 is 11.8. The summed E-state index contributed by atoms with van der Waals surface area (Å²) in [5.41, 5.74) is 1.44. The van der Waals surface area contributed by atoms with Gasteiger partial charge in [0.05, 0.1) is 29.3 Å². The average Bonchev–Trinajstić information content (AvgIpc) is 3.61. The smallest absolute Gasteiger partial charge is 0.290 e. The molecule has 2 aliphatic heterocycles. The van der Waals surface area contributed by atoms with Gasteiger partial charge in [-0.1, -0.05) is 35.9 Å². The molecule has 0 N–H and O–H groups in total. The van der Waals surface area contributed by atoms with Crippen molar-refractivity contribution in [1.82, 2.24) is 9.80 Å². The monoisotopic (exact) mass is 474 g/mol. The van der Waals surface area contributed by atoms with Crippen LogP contribution in [0.3, 0.4) is 0 Å². The molecule has 4 heterocycles. The van der Waals surface area contributed by atoms with Crippen LogP contribution < -0.4 is 5.43 Å². The van der Waals surface area contributed by atoms with E-state index in [9.17, 15) is 9.59 Å². The number of furan rings is 1. The van der Waals surface area contributed by atoms with Gasteiger partial charge in [-0.2, -0.15) is 0 Å². The standard InChI is InChI=1S/C27H23ClN2O4/c28-18-11-9-17(10-12-18)24-23-25(31)19-6-1-2-7-21(19)34-26(23)27(32)30(24)16-20(22-8-5-15-33-22)29-13-3-4-14-29/h1-2,5-12,15,20,24H,3-4,13-14,16H2. The van der Waals surface area contributed by atoms with E-state index in [1.54, 1.807) is 47.6 Å². The molecule has 1 saturated heterocycles. The third-order valence-electron chi connectivity index (χ3n) is 6.88. The van der Waals surface area contributed by atoms with E-state index in [2.05, 4.69) is 4.90 Å². The molecule has 6 rings (SSSR count). The number of likely N-dealkylation sites (tertiary alicyclic amines) is 1. The van der Waals surface area contributed by atoms with Crippen LogP contribution in [0.1, 0.15) is 52.4 Å². The van der Waals surface area contributed by atoms with E-state index in [-0.39, 0.29) is 23.1 Å². The highest BCUT2D eigenvalue weighted by molar-refractivity contribution is 6.30. The van der Waals surface area contributed by atoms with Gasteiger partial charge < -0.3 is 13.7 Å². The summed E-state index contributed by atoms with van der Waals surface area (Å²) in [6, 6.07) is 17.5. The van der Waals surface area contributed by atoms with Crippen molar-refractivity contribution in [2.24, 2.45) is 0 Å². The number of carbonyl (C=O) groups excluding carboxylic acids is 1. The Kier molecular flexibility index (Phi) is 5.27. The SMILES string of the molecule is O=C1c2oc3ccccc3c(=O)c2C(c2ccc(Cl)cc2)N1CC(c1ccco1)N1CCCC1. The molecule has 1 amide bonds. The van der Waals surface area contributed by atoms with E-state index in [0.29, 0.717) is 28.1 Å². The number of hydrogen-bond acceptors (Lipinski definition) is 5. The molecule has 0 spiro atoms. The lowest BCUT2D eigenvalue weighted by atomic mass is 9.98. The second-order valence-electron chi connectivity index (χ2n) is 8.86. The minimum absolute atomic E-state index is 0.114. The number of benzene rings is 2. The third kappa shape index (κ3) is 3.45. The first-order chi connectivity index (χ1) is 16.6. The van der Waals surface area contributed by atoms with Crippen molar-refractivity contribution in [3.63, 3.8) is 0 Å². The number of carbonyl (C=O) groups is 1. The van der Waals surface area contributed by atoms with Gasteiger partial charge in [-0.3, -0.25) is 14.5 Å². The second-order valence-corrected chi connectivity index (χ2v) is 9.29. The van der Waals surface area contributed by atoms with Crippen LogP contribution in [0.15, 0.2) is 80.6 Å². The maximum atomic E-state index is 13.8. The molecule has 34 heavy (non-hydrogen) atoms. The first-order valence-electron chi connectivity index (χ1n) is 11.5. The van der Waals surface area contributed by atoms with Crippen LogP contribution >= 0.6 is 11.6 Å². The number of amides is 1. The number of halogens is 1. The van der Waals surface area contributed by atoms with Crippen LogP contribution in [-0.4, -0.2) is 35.3 Å². The zero-order chi connectivity index (χ0) is 23.2. The van der Waals surface area contributed by atoms with Crippen molar-refractivity contribution in [2.75, 3.05) is 19.6 Å². The molecule has 0 bridgehead atoms. The topological polar surface area (TPSA) is 66.9 Å². The Hall–Kier alpha value is -3.35. The predicted molar refractivity (Wildman–Crippen MR) is 129 cm³/mol. The van der Waals surface area contributed by atoms with Gasteiger partial charge in [-0.05, 0) is 67.9 Å². The van der Waals surface area contributed by atoms with Crippen molar-refractivity contribution < 1.29 is 13.6 Å². The summed E-state index contributed by atoms with van der Waals surface area (Å²) in [5, 5.41) is 1.06. The minimum Gasteiger partial charge on any atom is -0.468 e. The maximum Gasteiger partial charge on any atom is 0.290 e. The lowest BCUT2D eigenvalue weighted by Crippen LogP contribution is -2.39. The zero-order valence-corrected chi connectivity index (χ0v) is 19.2. The molecule has 2 aliphatic rings. The molecular weight excluding hydrogens is 452 g/mol. The van der Waals surface area contributed by atoms with Gasteiger partial charge >= 0.3 is 0 Å². The quantitative estimate of drug-likeness (QED) is 0.386. The molecule has 1 fully saturated rings. The molecule has 2 aromatic carbocycles. The van der Waals surface area contributed by atoms with Crippen molar-refractivity contribution >= 4 is 28.5 Å². The van der Waals surface area contributed by atoms with Crippen LogP contribution in [0.4, 0.5) is 0 Å². The second kappa shape index (κ2) is 8.46.